The molecule has 0 aliphatic carbocycles. The Hall–Kier alpha value is -3.85. The van der Waals surface area contributed by atoms with Crippen LogP contribution in [0.4, 0.5) is 15.8 Å². The molecule has 2 amide bonds. The number of aromatic nitrogens is 2. The average molecular weight is 447 g/mol. The van der Waals surface area contributed by atoms with Crippen LogP contribution < -0.4 is 15.0 Å². The van der Waals surface area contributed by atoms with Gasteiger partial charge in [-0.2, -0.15) is 10.2 Å². The van der Waals surface area contributed by atoms with Crippen LogP contribution in [0.3, 0.4) is 0 Å². The number of ether oxygens (including phenoxy) is 1. The molecule has 3 heterocycles. The second-order valence-corrected chi connectivity index (χ2v) is 8.08. The highest BCUT2D eigenvalue weighted by atomic mass is 19.1. The number of halogens is 1. The van der Waals surface area contributed by atoms with Crippen molar-refractivity contribution in [2.75, 3.05) is 31.1 Å². The van der Waals surface area contributed by atoms with E-state index in [1.54, 1.807) is 28.3 Å². The summed E-state index contributed by atoms with van der Waals surface area (Å²) in [4.78, 5) is 28.8. The van der Waals surface area contributed by atoms with Crippen molar-refractivity contribution >= 4 is 23.2 Å². The van der Waals surface area contributed by atoms with Gasteiger partial charge in [0, 0.05) is 24.3 Å². The van der Waals surface area contributed by atoms with Gasteiger partial charge in [0.25, 0.3) is 5.91 Å². The number of carbonyl (C=O) groups is 2. The summed E-state index contributed by atoms with van der Waals surface area (Å²) >= 11 is 0. The molecule has 33 heavy (non-hydrogen) atoms. The van der Waals surface area contributed by atoms with Crippen LogP contribution in [0.1, 0.15) is 10.4 Å². The monoisotopic (exact) mass is 447 g/mol. The quantitative estimate of drug-likeness (QED) is 0.625. The van der Waals surface area contributed by atoms with Crippen LogP contribution in [-0.2, 0) is 4.79 Å². The van der Waals surface area contributed by atoms with Gasteiger partial charge in [-0.05, 0) is 54.6 Å². The first kappa shape index (κ1) is 21.0. The van der Waals surface area contributed by atoms with E-state index in [1.165, 1.54) is 24.3 Å². The Labute approximate surface area is 190 Å². The summed E-state index contributed by atoms with van der Waals surface area (Å²) in [6.45, 7) is 2.23. The second-order valence-electron chi connectivity index (χ2n) is 8.08. The fraction of sp³-hybridized carbons (Fsp3) is 0.250. The molecule has 3 aromatic rings. The van der Waals surface area contributed by atoms with E-state index in [0.29, 0.717) is 48.9 Å². The fourth-order valence-electron chi connectivity index (χ4n) is 3.79. The SMILES string of the molecule is O=C(c1ccc(F)cc1)N1CC(Oc2ccc(N(C(=O)C3CNC3)c3ccnnc3)cc2)C1. The van der Waals surface area contributed by atoms with Crippen molar-refractivity contribution in [1.29, 1.82) is 0 Å². The highest BCUT2D eigenvalue weighted by Crippen LogP contribution is 2.30. The lowest BCUT2D eigenvalue weighted by Crippen LogP contribution is -2.56. The van der Waals surface area contributed by atoms with E-state index in [-0.39, 0.29) is 29.7 Å². The lowest BCUT2D eigenvalue weighted by molar-refractivity contribution is -0.123. The summed E-state index contributed by atoms with van der Waals surface area (Å²) < 4.78 is 19.0. The van der Waals surface area contributed by atoms with E-state index in [1.807, 2.05) is 24.3 Å². The molecule has 2 aliphatic rings. The van der Waals surface area contributed by atoms with E-state index < -0.39 is 0 Å². The maximum Gasteiger partial charge on any atom is 0.254 e. The Kier molecular flexibility index (Phi) is 5.70. The maximum atomic E-state index is 13.1. The van der Waals surface area contributed by atoms with Crippen molar-refractivity contribution in [3.8, 4) is 5.75 Å². The molecular weight excluding hydrogens is 425 g/mol. The Bertz CT molecular complexity index is 1130. The molecule has 0 unspecified atom stereocenters. The molecule has 5 rings (SSSR count). The van der Waals surface area contributed by atoms with Gasteiger partial charge in [-0.3, -0.25) is 14.5 Å². The number of likely N-dealkylation sites (tertiary alicyclic amines) is 1. The molecular formula is C24H22FN5O3. The lowest BCUT2D eigenvalue weighted by atomic mass is 10.0. The Balaban J connectivity index is 1.22. The van der Waals surface area contributed by atoms with Gasteiger partial charge in [-0.1, -0.05) is 0 Å². The van der Waals surface area contributed by atoms with Crippen molar-refractivity contribution in [2.45, 2.75) is 6.10 Å². The Morgan fingerprint density at radius 3 is 2.30 bits per heavy atom. The number of anilines is 2. The summed E-state index contributed by atoms with van der Waals surface area (Å²) in [7, 11) is 0. The number of rotatable bonds is 6. The molecule has 0 radical (unpaired) electrons. The largest absolute Gasteiger partial charge is 0.487 e. The van der Waals surface area contributed by atoms with E-state index in [2.05, 4.69) is 15.5 Å². The van der Waals surface area contributed by atoms with Crippen LogP contribution in [0.2, 0.25) is 0 Å². The third kappa shape index (κ3) is 4.40. The molecule has 2 aromatic carbocycles. The molecule has 0 spiro atoms. The van der Waals surface area contributed by atoms with Gasteiger partial charge in [0.15, 0.2) is 0 Å². The minimum absolute atomic E-state index is 0.00404. The number of carbonyl (C=O) groups excluding carboxylic acids is 2. The van der Waals surface area contributed by atoms with E-state index in [9.17, 15) is 14.0 Å². The van der Waals surface area contributed by atoms with Crippen LogP contribution in [0.25, 0.3) is 0 Å². The first-order valence-corrected chi connectivity index (χ1v) is 10.7. The summed E-state index contributed by atoms with van der Waals surface area (Å²) in [5.41, 5.74) is 1.83. The summed E-state index contributed by atoms with van der Waals surface area (Å²) in [5, 5.41) is 10.8. The van der Waals surface area contributed by atoms with Crippen molar-refractivity contribution in [2.24, 2.45) is 5.92 Å². The summed E-state index contributed by atoms with van der Waals surface area (Å²) in [5.74, 6) is 0.0710. The standard InChI is InChI=1S/C24H22FN5O3/c25-18-3-1-16(2-4-18)23(31)29-14-22(15-29)33-21-7-5-19(6-8-21)30(20-9-10-27-28-13-20)24(32)17-11-26-12-17/h1-10,13,17,22,26H,11-12,14-15H2. The molecule has 2 saturated heterocycles. The molecule has 0 atom stereocenters. The van der Waals surface area contributed by atoms with Crippen LogP contribution in [0, 0.1) is 11.7 Å². The van der Waals surface area contributed by atoms with E-state index >= 15 is 0 Å². The average Bonchev–Trinajstić information content (AvgIpc) is 2.77. The van der Waals surface area contributed by atoms with Gasteiger partial charge < -0.3 is 15.0 Å². The maximum absolute atomic E-state index is 13.1. The van der Waals surface area contributed by atoms with Gasteiger partial charge in [-0.15, -0.1) is 0 Å². The fourth-order valence-corrected chi connectivity index (χ4v) is 3.79. The highest BCUT2D eigenvalue weighted by molar-refractivity contribution is 6.02. The van der Waals surface area contributed by atoms with Gasteiger partial charge in [-0.25, -0.2) is 4.39 Å². The lowest BCUT2D eigenvalue weighted by Gasteiger charge is -2.39. The minimum Gasteiger partial charge on any atom is -0.487 e. The molecule has 2 fully saturated rings. The van der Waals surface area contributed by atoms with Gasteiger partial charge in [0.2, 0.25) is 5.91 Å². The zero-order chi connectivity index (χ0) is 22.8. The minimum atomic E-state index is -0.371. The smallest absolute Gasteiger partial charge is 0.254 e. The molecule has 8 nitrogen and oxygen atoms in total. The van der Waals surface area contributed by atoms with Crippen LogP contribution in [0.5, 0.6) is 5.75 Å². The third-order valence-corrected chi connectivity index (χ3v) is 5.80. The number of nitrogens with one attached hydrogen (secondary N) is 1. The van der Waals surface area contributed by atoms with Gasteiger partial charge in [0.1, 0.15) is 17.7 Å². The predicted octanol–water partition coefficient (Wildman–Crippen LogP) is 2.40. The third-order valence-electron chi connectivity index (χ3n) is 5.80. The first-order chi connectivity index (χ1) is 16.1. The molecule has 168 valence electrons. The summed E-state index contributed by atoms with van der Waals surface area (Å²) in [6, 6.07) is 14.6. The van der Waals surface area contributed by atoms with Crippen LogP contribution in [-0.4, -0.2) is 59.2 Å². The number of nitrogens with zero attached hydrogens (tertiary/aromatic N) is 4. The van der Waals surface area contributed by atoms with Gasteiger partial charge in [0.05, 0.1) is 37.1 Å². The summed E-state index contributed by atoms with van der Waals surface area (Å²) in [6.07, 6.45) is 3.00. The van der Waals surface area contributed by atoms with Crippen molar-refractivity contribution in [1.82, 2.24) is 20.4 Å². The van der Waals surface area contributed by atoms with Crippen LogP contribution in [0.15, 0.2) is 67.0 Å². The van der Waals surface area contributed by atoms with Crippen molar-refractivity contribution in [3.05, 3.63) is 78.4 Å². The molecule has 9 heteroatoms. The normalized spacial score (nSPS) is 16.0. The zero-order valence-corrected chi connectivity index (χ0v) is 17.7. The number of hydrogen-bond acceptors (Lipinski definition) is 6. The van der Waals surface area contributed by atoms with Crippen molar-refractivity contribution in [3.63, 3.8) is 0 Å². The molecule has 1 N–H and O–H groups in total. The first-order valence-electron chi connectivity index (χ1n) is 10.7. The van der Waals surface area contributed by atoms with Crippen molar-refractivity contribution < 1.29 is 18.7 Å². The number of hydrogen-bond donors (Lipinski definition) is 1. The molecule has 0 bridgehead atoms. The number of amides is 2. The molecule has 2 aliphatic heterocycles. The van der Waals surface area contributed by atoms with E-state index in [4.69, 9.17) is 4.74 Å². The molecule has 0 saturated carbocycles. The topological polar surface area (TPSA) is 87.7 Å². The van der Waals surface area contributed by atoms with Crippen LogP contribution >= 0.6 is 0 Å². The van der Waals surface area contributed by atoms with E-state index in [0.717, 1.165) is 0 Å². The number of benzene rings is 2. The second kappa shape index (κ2) is 8.95. The Morgan fingerprint density at radius 2 is 1.70 bits per heavy atom. The zero-order valence-electron chi connectivity index (χ0n) is 17.7. The van der Waals surface area contributed by atoms with Gasteiger partial charge >= 0.3 is 0 Å². The highest BCUT2D eigenvalue weighted by Gasteiger charge is 2.33. The Morgan fingerprint density at radius 1 is 0.970 bits per heavy atom. The predicted molar refractivity (Wildman–Crippen MR) is 119 cm³/mol. The molecule has 1 aromatic heterocycles.